The zero-order valence-corrected chi connectivity index (χ0v) is 18.2. The number of rotatable bonds is 8. The van der Waals surface area contributed by atoms with E-state index < -0.39 is 17.2 Å². The van der Waals surface area contributed by atoms with Crippen molar-refractivity contribution in [3.05, 3.63) is 54.6 Å². The minimum atomic E-state index is -1.22. The van der Waals surface area contributed by atoms with E-state index in [1.165, 1.54) is 12.1 Å². The molecular formula is C22H22FN3O4S. The van der Waals surface area contributed by atoms with Crippen LogP contribution in [0.4, 0.5) is 4.39 Å². The van der Waals surface area contributed by atoms with Gasteiger partial charge in [-0.15, -0.1) is 0 Å². The van der Waals surface area contributed by atoms with E-state index in [1.54, 1.807) is 50.0 Å². The van der Waals surface area contributed by atoms with Gasteiger partial charge in [0.25, 0.3) is 0 Å². The van der Waals surface area contributed by atoms with Crippen LogP contribution < -0.4 is 0 Å². The van der Waals surface area contributed by atoms with Gasteiger partial charge in [0.1, 0.15) is 5.82 Å². The summed E-state index contributed by atoms with van der Waals surface area (Å²) in [5.41, 5.74) is 2.85. The number of esters is 2. The summed E-state index contributed by atoms with van der Waals surface area (Å²) in [4.78, 5) is 33.6. The highest BCUT2D eigenvalue weighted by Crippen LogP contribution is 2.36. The average molecular weight is 444 g/mol. The zero-order chi connectivity index (χ0) is 22.4. The molecule has 0 radical (unpaired) electrons. The molecule has 0 fully saturated rings. The van der Waals surface area contributed by atoms with Gasteiger partial charge in [-0.05, 0) is 50.2 Å². The van der Waals surface area contributed by atoms with E-state index in [0.29, 0.717) is 16.4 Å². The topological polar surface area (TPSA) is 83.3 Å². The lowest BCUT2D eigenvalue weighted by Crippen LogP contribution is -2.31. The quantitative estimate of drug-likeness (QED) is 0.297. The summed E-state index contributed by atoms with van der Waals surface area (Å²) in [6, 6.07) is 9.62. The Morgan fingerprint density at radius 1 is 1.00 bits per heavy atom. The second-order valence-electron chi connectivity index (χ2n) is 6.40. The number of nitrogens with zero attached hydrogens (tertiary/aromatic N) is 3. The molecule has 0 aliphatic carbocycles. The molecule has 1 aromatic carbocycles. The first-order valence-electron chi connectivity index (χ1n) is 9.69. The molecule has 9 heteroatoms. The van der Waals surface area contributed by atoms with Gasteiger partial charge in [-0.2, -0.15) is 0 Å². The number of thioether (sulfide) groups is 1. The van der Waals surface area contributed by atoms with Gasteiger partial charge in [0.05, 0.1) is 24.6 Å². The number of imidazole rings is 1. The molecule has 0 saturated heterocycles. The van der Waals surface area contributed by atoms with Gasteiger partial charge in [0, 0.05) is 30.6 Å². The van der Waals surface area contributed by atoms with Crippen molar-refractivity contribution in [3.8, 4) is 22.5 Å². The lowest BCUT2D eigenvalue weighted by Gasteiger charge is -2.14. The van der Waals surface area contributed by atoms with Crippen molar-refractivity contribution in [3.63, 3.8) is 0 Å². The molecule has 7 nitrogen and oxygen atoms in total. The SMILES string of the molecule is CCOC(=O)C(Sc1nc(-c2ccc(F)cc2)c(-c2ccncc2)n1C)C(=O)OCC. The number of ether oxygens (including phenoxy) is 2. The Bertz CT molecular complexity index is 1040. The van der Waals surface area contributed by atoms with Crippen LogP contribution in [0.3, 0.4) is 0 Å². The fraction of sp³-hybridized carbons (Fsp3) is 0.273. The van der Waals surface area contributed by atoms with Crippen molar-refractivity contribution in [1.82, 2.24) is 14.5 Å². The second-order valence-corrected chi connectivity index (χ2v) is 7.47. The van der Waals surface area contributed by atoms with Crippen LogP contribution in [0.25, 0.3) is 22.5 Å². The monoisotopic (exact) mass is 443 g/mol. The summed E-state index contributed by atoms with van der Waals surface area (Å²) >= 11 is 0.952. The number of carbonyl (C=O) groups excluding carboxylic acids is 2. The van der Waals surface area contributed by atoms with Crippen molar-refractivity contribution in [1.29, 1.82) is 0 Å². The van der Waals surface area contributed by atoms with Crippen LogP contribution in [0.15, 0.2) is 53.9 Å². The molecule has 2 aromatic heterocycles. The fourth-order valence-electron chi connectivity index (χ4n) is 2.97. The third kappa shape index (κ3) is 5.11. The maximum atomic E-state index is 13.5. The van der Waals surface area contributed by atoms with Gasteiger partial charge >= 0.3 is 11.9 Å². The van der Waals surface area contributed by atoms with Crippen molar-refractivity contribution in [2.75, 3.05) is 13.2 Å². The molecule has 0 aliphatic rings. The van der Waals surface area contributed by atoms with Crippen molar-refractivity contribution in [2.24, 2.45) is 7.05 Å². The summed E-state index contributed by atoms with van der Waals surface area (Å²) in [6.45, 7) is 3.61. The highest BCUT2D eigenvalue weighted by Gasteiger charge is 2.33. The number of benzene rings is 1. The molecule has 0 saturated carbocycles. The summed E-state index contributed by atoms with van der Waals surface area (Å²) < 4.78 is 25.4. The van der Waals surface area contributed by atoms with Gasteiger partial charge in [-0.25, -0.2) is 9.37 Å². The molecule has 0 spiro atoms. The van der Waals surface area contributed by atoms with Gasteiger partial charge in [-0.3, -0.25) is 14.6 Å². The third-order valence-corrected chi connectivity index (χ3v) is 5.55. The predicted molar refractivity (Wildman–Crippen MR) is 115 cm³/mol. The van der Waals surface area contributed by atoms with Crippen LogP contribution >= 0.6 is 11.8 Å². The highest BCUT2D eigenvalue weighted by atomic mass is 32.2. The summed E-state index contributed by atoms with van der Waals surface area (Å²) in [6.07, 6.45) is 3.31. The van der Waals surface area contributed by atoms with Gasteiger partial charge in [-0.1, -0.05) is 11.8 Å². The Morgan fingerprint density at radius 3 is 2.13 bits per heavy atom. The molecule has 0 aliphatic heterocycles. The first-order chi connectivity index (χ1) is 15.0. The van der Waals surface area contributed by atoms with Crippen LogP contribution in [0, 0.1) is 5.82 Å². The van der Waals surface area contributed by atoms with E-state index >= 15 is 0 Å². The number of halogens is 1. The molecule has 0 atom stereocenters. The minimum absolute atomic E-state index is 0.138. The van der Waals surface area contributed by atoms with E-state index in [9.17, 15) is 14.0 Å². The predicted octanol–water partition coefficient (Wildman–Crippen LogP) is 3.88. The first kappa shape index (κ1) is 22.5. The molecule has 0 bridgehead atoms. The minimum Gasteiger partial charge on any atom is -0.465 e. The highest BCUT2D eigenvalue weighted by molar-refractivity contribution is 8.01. The molecule has 2 heterocycles. The summed E-state index contributed by atoms with van der Waals surface area (Å²) in [7, 11) is 1.78. The maximum Gasteiger partial charge on any atom is 0.331 e. The van der Waals surface area contributed by atoms with Crippen LogP contribution in [0.2, 0.25) is 0 Å². The normalized spacial score (nSPS) is 10.9. The Kier molecular flexibility index (Phi) is 7.41. The number of carbonyl (C=O) groups is 2. The van der Waals surface area contributed by atoms with Crippen molar-refractivity contribution < 1.29 is 23.5 Å². The molecule has 3 rings (SSSR count). The fourth-order valence-corrected chi connectivity index (χ4v) is 3.90. The van der Waals surface area contributed by atoms with Gasteiger partial charge in [0.15, 0.2) is 5.16 Å². The van der Waals surface area contributed by atoms with Gasteiger partial charge in [0.2, 0.25) is 5.25 Å². The molecular weight excluding hydrogens is 421 g/mol. The molecule has 0 unspecified atom stereocenters. The second kappa shape index (κ2) is 10.2. The molecule has 3 aromatic rings. The van der Waals surface area contributed by atoms with E-state index in [1.807, 2.05) is 12.1 Å². The standard InChI is InChI=1S/C22H22FN3O4S/c1-4-29-20(27)19(21(28)30-5-2)31-22-25-17(14-6-8-16(23)9-7-14)18(26(22)3)15-10-12-24-13-11-15/h6-13,19H,4-5H2,1-3H3. The smallest absolute Gasteiger partial charge is 0.331 e. The van der Waals surface area contributed by atoms with Gasteiger partial charge < -0.3 is 14.0 Å². The Balaban J connectivity index is 2.09. The summed E-state index contributed by atoms with van der Waals surface area (Å²) in [5, 5.41) is -0.801. The van der Waals surface area contributed by atoms with Crippen molar-refractivity contribution in [2.45, 2.75) is 24.3 Å². The molecule has 162 valence electrons. The van der Waals surface area contributed by atoms with Crippen LogP contribution in [-0.2, 0) is 26.1 Å². The van der Waals surface area contributed by atoms with Crippen LogP contribution in [-0.4, -0.2) is 44.9 Å². The maximum absolute atomic E-state index is 13.5. The Morgan fingerprint density at radius 2 is 1.58 bits per heavy atom. The third-order valence-electron chi connectivity index (χ3n) is 4.35. The number of hydrogen-bond donors (Lipinski definition) is 0. The van der Waals surface area contributed by atoms with E-state index in [4.69, 9.17) is 9.47 Å². The Hall–Kier alpha value is -3.20. The molecule has 31 heavy (non-hydrogen) atoms. The number of hydrogen-bond acceptors (Lipinski definition) is 7. The van der Waals surface area contributed by atoms with E-state index in [0.717, 1.165) is 23.0 Å². The Labute approximate surface area is 183 Å². The lowest BCUT2D eigenvalue weighted by molar-refractivity contribution is -0.152. The summed E-state index contributed by atoms with van der Waals surface area (Å²) in [5.74, 6) is -1.74. The molecule has 0 amide bonds. The average Bonchev–Trinajstić information content (AvgIpc) is 3.09. The first-order valence-corrected chi connectivity index (χ1v) is 10.6. The van der Waals surface area contributed by atoms with Crippen LogP contribution in [0.5, 0.6) is 0 Å². The van der Waals surface area contributed by atoms with Crippen molar-refractivity contribution >= 4 is 23.7 Å². The lowest BCUT2D eigenvalue weighted by atomic mass is 10.1. The number of pyridine rings is 1. The largest absolute Gasteiger partial charge is 0.465 e. The van der Waals surface area contributed by atoms with E-state index in [-0.39, 0.29) is 19.0 Å². The van der Waals surface area contributed by atoms with Crippen LogP contribution in [0.1, 0.15) is 13.8 Å². The zero-order valence-electron chi connectivity index (χ0n) is 17.4. The number of aromatic nitrogens is 3. The molecule has 0 N–H and O–H groups in total. The van der Waals surface area contributed by atoms with E-state index in [2.05, 4.69) is 9.97 Å².